The predicted molar refractivity (Wildman–Crippen MR) is 85.3 cm³/mol. The van der Waals surface area contributed by atoms with Crippen LogP contribution in [0, 0.1) is 0 Å². The number of nitrogens with one attached hydrogen (secondary N) is 1. The molecule has 0 amide bonds. The number of carboxylic acid groups (broad SMARTS) is 1. The molecule has 5 nitrogen and oxygen atoms in total. The van der Waals surface area contributed by atoms with Crippen LogP contribution < -0.4 is 11.1 Å². The fraction of sp³-hybridized carbons (Fsp3) is 0.231. The Hall–Kier alpha value is -1.34. The summed E-state index contributed by atoms with van der Waals surface area (Å²) in [7, 11) is 0. The molecule has 0 spiro atoms. The first-order chi connectivity index (χ1) is 9.97. The molecule has 21 heavy (non-hydrogen) atoms. The molecule has 0 aliphatic carbocycles. The molecule has 112 valence electrons. The van der Waals surface area contributed by atoms with Crippen LogP contribution in [-0.2, 0) is 11.2 Å². The fourth-order valence-electron chi connectivity index (χ4n) is 1.67. The molecular formula is C13H13Cl2N3O2S. The fourth-order valence-corrected chi connectivity index (χ4v) is 2.94. The summed E-state index contributed by atoms with van der Waals surface area (Å²) >= 11 is 13.2. The van der Waals surface area contributed by atoms with Crippen LogP contribution in [0.5, 0.6) is 0 Å². The number of aromatic nitrogens is 1. The van der Waals surface area contributed by atoms with Crippen molar-refractivity contribution in [3.05, 3.63) is 44.9 Å². The first kappa shape index (κ1) is 16.0. The lowest BCUT2D eigenvalue weighted by atomic mass is 10.1. The molecule has 0 saturated heterocycles. The van der Waals surface area contributed by atoms with Gasteiger partial charge in [-0.3, -0.25) is 4.79 Å². The van der Waals surface area contributed by atoms with Gasteiger partial charge in [0.1, 0.15) is 6.04 Å². The summed E-state index contributed by atoms with van der Waals surface area (Å²) in [4.78, 5) is 14.9. The molecule has 0 aliphatic rings. The molecule has 4 N–H and O–H groups in total. The molecule has 0 fully saturated rings. The van der Waals surface area contributed by atoms with Gasteiger partial charge in [0.05, 0.1) is 5.69 Å². The van der Waals surface area contributed by atoms with E-state index in [0.717, 1.165) is 5.56 Å². The molecule has 0 bridgehead atoms. The minimum absolute atomic E-state index is 0.347. The van der Waals surface area contributed by atoms with E-state index >= 15 is 0 Å². The number of nitrogens with zero attached hydrogens (tertiary/aromatic N) is 1. The zero-order valence-corrected chi connectivity index (χ0v) is 13.2. The number of benzene rings is 1. The second kappa shape index (κ2) is 7.09. The molecule has 1 heterocycles. The normalized spacial score (nSPS) is 12.1. The Morgan fingerprint density at radius 2 is 2.24 bits per heavy atom. The summed E-state index contributed by atoms with van der Waals surface area (Å²) in [6, 6.07) is 4.27. The SMILES string of the molecule is NC(C(=O)O)c1csc(NCCc2ccc(Cl)cc2Cl)n1. The molecule has 1 atom stereocenters. The van der Waals surface area contributed by atoms with Crippen LogP contribution in [0.1, 0.15) is 17.3 Å². The van der Waals surface area contributed by atoms with Gasteiger partial charge in [-0.2, -0.15) is 0 Å². The molecule has 1 aromatic heterocycles. The zero-order chi connectivity index (χ0) is 15.4. The van der Waals surface area contributed by atoms with Crippen molar-refractivity contribution in [2.24, 2.45) is 5.73 Å². The number of carbonyl (C=O) groups is 1. The van der Waals surface area contributed by atoms with E-state index in [1.807, 2.05) is 6.07 Å². The molecule has 0 saturated carbocycles. The van der Waals surface area contributed by atoms with E-state index in [-0.39, 0.29) is 0 Å². The number of anilines is 1. The smallest absolute Gasteiger partial charge is 0.326 e. The van der Waals surface area contributed by atoms with Gasteiger partial charge in [-0.25, -0.2) is 4.98 Å². The summed E-state index contributed by atoms with van der Waals surface area (Å²) in [5.74, 6) is -1.10. The monoisotopic (exact) mass is 345 g/mol. The summed E-state index contributed by atoms with van der Waals surface area (Å²) in [5, 5.41) is 15.4. The molecule has 2 aromatic rings. The van der Waals surface area contributed by atoms with Crippen LogP contribution in [0.4, 0.5) is 5.13 Å². The van der Waals surface area contributed by atoms with Gasteiger partial charge in [0.15, 0.2) is 5.13 Å². The van der Waals surface area contributed by atoms with E-state index in [0.29, 0.717) is 33.8 Å². The average molecular weight is 346 g/mol. The number of carboxylic acids is 1. The van der Waals surface area contributed by atoms with Gasteiger partial charge in [0, 0.05) is 22.0 Å². The Morgan fingerprint density at radius 3 is 2.90 bits per heavy atom. The number of aliphatic carboxylic acids is 1. The van der Waals surface area contributed by atoms with Crippen molar-refractivity contribution in [3.8, 4) is 0 Å². The Balaban J connectivity index is 1.90. The first-order valence-electron chi connectivity index (χ1n) is 6.09. The van der Waals surface area contributed by atoms with Crippen molar-refractivity contribution in [3.63, 3.8) is 0 Å². The van der Waals surface area contributed by atoms with Gasteiger partial charge in [0.25, 0.3) is 0 Å². The summed E-state index contributed by atoms with van der Waals surface area (Å²) in [6.07, 6.45) is 0.704. The molecule has 0 aliphatic heterocycles. The third kappa shape index (κ3) is 4.31. The number of thiazole rings is 1. The third-order valence-electron chi connectivity index (χ3n) is 2.79. The highest BCUT2D eigenvalue weighted by Crippen LogP contribution is 2.22. The number of hydrogen-bond donors (Lipinski definition) is 3. The van der Waals surface area contributed by atoms with Crippen molar-refractivity contribution >= 4 is 45.6 Å². The van der Waals surface area contributed by atoms with Crippen LogP contribution >= 0.6 is 34.5 Å². The third-order valence-corrected chi connectivity index (χ3v) is 4.20. The van der Waals surface area contributed by atoms with Crippen molar-refractivity contribution in [1.29, 1.82) is 0 Å². The Labute approximate surface area is 135 Å². The van der Waals surface area contributed by atoms with E-state index in [1.54, 1.807) is 17.5 Å². The van der Waals surface area contributed by atoms with Crippen LogP contribution in [0.3, 0.4) is 0 Å². The predicted octanol–water partition coefficient (Wildman–Crippen LogP) is 3.19. The van der Waals surface area contributed by atoms with Crippen LogP contribution in [0.25, 0.3) is 0 Å². The number of hydrogen-bond acceptors (Lipinski definition) is 5. The number of rotatable bonds is 6. The topological polar surface area (TPSA) is 88.2 Å². The maximum absolute atomic E-state index is 10.8. The highest BCUT2D eigenvalue weighted by molar-refractivity contribution is 7.13. The van der Waals surface area contributed by atoms with Gasteiger partial charge in [-0.15, -0.1) is 11.3 Å². The van der Waals surface area contributed by atoms with Crippen LogP contribution in [0.15, 0.2) is 23.6 Å². The summed E-state index contributed by atoms with van der Waals surface area (Å²) < 4.78 is 0. The maximum Gasteiger partial charge on any atom is 0.326 e. The van der Waals surface area contributed by atoms with E-state index in [9.17, 15) is 4.79 Å². The lowest BCUT2D eigenvalue weighted by molar-refractivity contribution is -0.138. The lowest BCUT2D eigenvalue weighted by Gasteiger charge is -2.06. The standard InChI is InChI=1S/C13H13Cl2N3O2S/c14-8-2-1-7(9(15)5-8)3-4-17-13-18-10(6-21-13)11(16)12(19)20/h1-2,5-6,11H,3-4,16H2,(H,17,18)(H,19,20). The van der Waals surface area contributed by atoms with Crippen molar-refractivity contribution < 1.29 is 9.90 Å². The quantitative estimate of drug-likeness (QED) is 0.748. The zero-order valence-electron chi connectivity index (χ0n) is 10.8. The van der Waals surface area contributed by atoms with E-state index < -0.39 is 12.0 Å². The Bertz CT molecular complexity index is 648. The minimum Gasteiger partial charge on any atom is -0.480 e. The molecule has 2 rings (SSSR count). The van der Waals surface area contributed by atoms with Crippen molar-refractivity contribution in [1.82, 2.24) is 4.98 Å². The summed E-state index contributed by atoms with van der Waals surface area (Å²) in [5.41, 5.74) is 6.82. The highest BCUT2D eigenvalue weighted by Gasteiger charge is 2.17. The first-order valence-corrected chi connectivity index (χ1v) is 7.72. The lowest BCUT2D eigenvalue weighted by Crippen LogP contribution is -2.21. The minimum atomic E-state index is -1.10. The average Bonchev–Trinajstić information content (AvgIpc) is 2.89. The van der Waals surface area contributed by atoms with Gasteiger partial charge in [0.2, 0.25) is 0 Å². The van der Waals surface area contributed by atoms with Crippen LogP contribution in [0.2, 0.25) is 10.0 Å². The van der Waals surface area contributed by atoms with Gasteiger partial charge in [-0.05, 0) is 24.1 Å². The Kier molecular flexibility index (Phi) is 5.41. The van der Waals surface area contributed by atoms with E-state index in [1.165, 1.54) is 11.3 Å². The van der Waals surface area contributed by atoms with Gasteiger partial charge in [-0.1, -0.05) is 29.3 Å². The van der Waals surface area contributed by atoms with E-state index in [2.05, 4.69) is 10.3 Å². The largest absolute Gasteiger partial charge is 0.480 e. The van der Waals surface area contributed by atoms with E-state index in [4.69, 9.17) is 34.0 Å². The number of halogens is 2. The Morgan fingerprint density at radius 1 is 1.48 bits per heavy atom. The maximum atomic E-state index is 10.8. The molecular weight excluding hydrogens is 333 g/mol. The van der Waals surface area contributed by atoms with Crippen molar-refractivity contribution in [2.75, 3.05) is 11.9 Å². The second-order valence-corrected chi connectivity index (χ2v) is 6.01. The van der Waals surface area contributed by atoms with Crippen molar-refractivity contribution in [2.45, 2.75) is 12.5 Å². The molecule has 1 unspecified atom stereocenters. The second-order valence-electron chi connectivity index (χ2n) is 4.31. The molecule has 0 radical (unpaired) electrons. The van der Waals surface area contributed by atoms with Gasteiger partial charge < -0.3 is 16.2 Å². The molecule has 1 aromatic carbocycles. The van der Waals surface area contributed by atoms with Crippen LogP contribution in [-0.4, -0.2) is 22.6 Å². The molecule has 8 heteroatoms. The number of nitrogens with two attached hydrogens (primary N) is 1. The highest BCUT2D eigenvalue weighted by atomic mass is 35.5. The van der Waals surface area contributed by atoms with Gasteiger partial charge >= 0.3 is 5.97 Å². The summed E-state index contributed by atoms with van der Waals surface area (Å²) in [6.45, 7) is 0.622.